The lowest BCUT2D eigenvalue weighted by atomic mass is 10.5. The molecule has 0 bridgehead atoms. The smallest absolute Gasteiger partial charge is 0.257 e. The summed E-state index contributed by atoms with van der Waals surface area (Å²) in [7, 11) is 3.73. The zero-order valence-electron chi connectivity index (χ0n) is 8.06. The van der Waals surface area contributed by atoms with Crippen LogP contribution in [0.5, 0.6) is 0 Å². The van der Waals surface area contributed by atoms with Crippen LogP contribution in [0.15, 0.2) is 24.7 Å². The Kier molecular flexibility index (Phi) is 2.84. The van der Waals surface area contributed by atoms with Crippen molar-refractivity contribution >= 4 is 5.91 Å². The topological polar surface area (TPSA) is 38.1 Å². The Balaban J connectivity index is 2.75. The molecule has 70 valence electrons. The van der Waals surface area contributed by atoms with Gasteiger partial charge in [-0.2, -0.15) is 0 Å². The van der Waals surface area contributed by atoms with E-state index in [1.165, 1.54) is 10.6 Å². The number of imidazole rings is 1. The number of hydrogen-bond acceptors (Lipinski definition) is 3. The van der Waals surface area contributed by atoms with E-state index in [4.69, 9.17) is 0 Å². The van der Waals surface area contributed by atoms with Gasteiger partial charge in [0.25, 0.3) is 5.91 Å². The summed E-state index contributed by atoms with van der Waals surface area (Å²) < 4.78 is 1.50. The van der Waals surface area contributed by atoms with Crippen molar-refractivity contribution in [2.45, 2.75) is 6.92 Å². The van der Waals surface area contributed by atoms with Crippen molar-refractivity contribution in [1.82, 2.24) is 14.5 Å². The highest BCUT2D eigenvalue weighted by molar-refractivity contribution is 5.90. The van der Waals surface area contributed by atoms with Crippen molar-refractivity contribution in [3.05, 3.63) is 30.5 Å². The van der Waals surface area contributed by atoms with E-state index in [2.05, 4.69) is 4.98 Å². The van der Waals surface area contributed by atoms with Crippen molar-refractivity contribution < 1.29 is 4.79 Å². The molecule has 1 heterocycles. The predicted molar refractivity (Wildman–Crippen MR) is 50.4 cm³/mol. The summed E-state index contributed by atoms with van der Waals surface area (Å²) in [6, 6.07) is 0. The summed E-state index contributed by atoms with van der Waals surface area (Å²) in [6.45, 7) is 1.79. The first kappa shape index (κ1) is 9.51. The van der Waals surface area contributed by atoms with Gasteiger partial charge >= 0.3 is 0 Å². The lowest BCUT2D eigenvalue weighted by Crippen LogP contribution is -2.10. The molecule has 0 aliphatic heterocycles. The zero-order chi connectivity index (χ0) is 9.84. The van der Waals surface area contributed by atoms with Crippen molar-refractivity contribution in [2.75, 3.05) is 14.1 Å². The fourth-order valence-corrected chi connectivity index (χ4v) is 0.904. The molecule has 0 N–H and O–H groups in total. The fourth-order valence-electron chi connectivity index (χ4n) is 0.904. The van der Waals surface area contributed by atoms with Gasteiger partial charge in [-0.15, -0.1) is 0 Å². The minimum atomic E-state index is -0.0799. The number of aromatic nitrogens is 2. The van der Waals surface area contributed by atoms with Crippen LogP contribution in [0.3, 0.4) is 0 Å². The number of carbonyl (C=O) groups is 1. The van der Waals surface area contributed by atoms with Gasteiger partial charge < -0.3 is 4.90 Å². The Labute approximate surface area is 77.5 Å². The molecule has 1 aromatic rings. The van der Waals surface area contributed by atoms with Crippen molar-refractivity contribution in [3.63, 3.8) is 0 Å². The van der Waals surface area contributed by atoms with Crippen LogP contribution in [-0.2, 0) is 0 Å². The van der Waals surface area contributed by atoms with Crippen LogP contribution >= 0.6 is 0 Å². The highest BCUT2D eigenvalue weighted by atomic mass is 16.1. The molecule has 0 saturated carbocycles. The average molecular weight is 179 g/mol. The number of nitrogens with zero attached hydrogens (tertiary/aromatic N) is 3. The van der Waals surface area contributed by atoms with Crippen LogP contribution in [-0.4, -0.2) is 34.5 Å². The molecular weight excluding hydrogens is 166 g/mol. The zero-order valence-corrected chi connectivity index (χ0v) is 8.06. The van der Waals surface area contributed by atoms with Gasteiger partial charge in [-0.25, -0.2) is 4.98 Å². The quantitative estimate of drug-likeness (QED) is 0.633. The van der Waals surface area contributed by atoms with Gasteiger partial charge in [-0.05, 0) is 6.92 Å². The van der Waals surface area contributed by atoms with Gasteiger partial charge in [-0.3, -0.25) is 9.36 Å². The molecule has 0 atom stereocenters. The maximum Gasteiger partial charge on any atom is 0.257 e. The monoisotopic (exact) mass is 179 g/mol. The van der Waals surface area contributed by atoms with Crippen LogP contribution in [0.4, 0.5) is 0 Å². The van der Waals surface area contributed by atoms with Crippen molar-refractivity contribution in [2.24, 2.45) is 0 Å². The van der Waals surface area contributed by atoms with Gasteiger partial charge in [0, 0.05) is 38.8 Å². The van der Waals surface area contributed by atoms with E-state index in [0.717, 1.165) is 0 Å². The molecule has 4 heteroatoms. The summed E-state index contributed by atoms with van der Waals surface area (Å²) >= 11 is 0. The Morgan fingerprint density at radius 3 is 2.77 bits per heavy atom. The van der Waals surface area contributed by atoms with Gasteiger partial charge in [0.05, 0.1) is 0 Å². The van der Waals surface area contributed by atoms with Gasteiger partial charge in [0.1, 0.15) is 5.82 Å². The highest BCUT2D eigenvalue weighted by Crippen LogP contribution is 1.95. The minimum absolute atomic E-state index is 0.0799. The Morgan fingerprint density at radius 2 is 2.31 bits per heavy atom. The maximum absolute atomic E-state index is 11.4. The third-order valence-corrected chi connectivity index (χ3v) is 1.58. The second-order valence-corrected chi connectivity index (χ2v) is 2.96. The second-order valence-electron chi connectivity index (χ2n) is 2.96. The van der Waals surface area contributed by atoms with E-state index in [1.54, 1.807) is 25.5 Å². The molecule has 1 rings (SSSR count). The first-order valence-corrected chi connectivity index (χ1v) is 4.00. The molecule has 0 aromatic carbocycles. The van der Waals surface area contributed by atoms with Gasteiger partial charge in [-0.1, -0.05) is 0 Å². The van der Waals surface area contributed by atoms with E-state index >= 15 is 0 Å². The first-order valence-electron chi connectivity index (χ1n) is 4.00. The molecule has 0 fully saturated rings. The van der Waals surface area contributed by atoms with Crippen LogP contribution in [0, 0.1) is 6.92 Å². The molecule has 0 saturated heterocycles. The molecule has 4 nitrogen and oxygen atoms in total. The molecule has 0 radical (unpaired) electrons. The molecule has 0 aliphatic rings. The predicted octanol–water partition coefficient (Wildman–Crippen LogP) is 0.907. The molecular formula is C9H13N3O. The van der Waals surface area contributed by atoms with E-state index in [0.29, 0.717) is 5.82 Å². The maximum atomic E-state index is 11.4. The Hall–Kier alpha value is -1.58. The lowest BCUT2D eigenvalue weighted by molar-refractivity contribution is 0.0965. The third-order valence-electron chi connectivity index (χ3n) is 1.58. The van der Waals surface area contributed by atoms with Gasteiger partial charge in [0.2, 0.25) is 0 Å². The number of aryl methyl sites for hydroxylation is 1. The van der Waals surface area contributed by atoms with Crippen molar-refractivity contribution in [3.8, 4) is 0 Å². The molecule has 1 aromatic heterocycles. The van der Waals surface area contributed by atoms with Crippen LogP contribution < -0.4 is 0 Å². The van der Waals surface area contributed by atoms with Gasteiger partial charge in [0.15, 0.2) is 0 Å². The normalized spacial score (nSPS) is 10.7. The molecule has 0 amide bonds. The van der Waals surface area contributed by atoms with Crippen LogP contribution in [0.2, 0.25) is 0 Å². The van der Waals surface area contributed by atoms with E-state index in [9.17, 15) is 4.79 Å². The number of allylic oxidation sites excluding steroid dienone is 1. The summed E-state index contributed by atoms with van der Waals surface area (Å²) in [5.74, 6) is 0.622. The van der Waals surface area contributed by atoms with E-state index < -0.39 is 0 Å². The second kappa shape index (κ2) is 3.89. The summed E-state index contributed by atoms with van der Waals surface area (Å²) in [5.41, 5.74) is 0. The number of rotatable bonds is 2. The third kappa shape index (κ3) is 2.43. The Bertz CT molecular complexity index is 325. The number of carbonyl (C=O) groups excluding carboxylic acids is 1. The average Bonchev–Trinajstić information content (AvgIpc) is 2.47. The first-order chi connectivity index (χ1) is 6.11. The van der Waals surface area contributed by atoms with Crippen molar-refractivity contribution in [1.29, 1.82) is 0 Å². The van der Waals surface area contributed by atoms with E-state index in [-0.39, 0.29) is 5.91 Å². The molecule has 0 aliphatic carbocycles. The fraction of sp³-hybridized carbons (Fsp3) is 0.333. The number of hydrogen-bond donors (Lipinski definition) is 0. The summed E-state index contributed by atoms with van der Waals surface area (Å²) in [5, 5.41) is 0. The SMILES string of the molecule is Cc1nccn1C(=O)C=CN(C)C. The standard InChI is InChI=1S/C9H13N3O/c1-8-10-5-7-12(8)9(13)4-6-11(2)3/h4-7H,1-3H3. The molecule has 0 unspecified atom stereocenters. The molecule has 0 spiro atoms. The Morgan fingerprint density at radius 1 is 1.62 bits per heavy atom. The van der Waals surface area contributed by atoms with E-state index in [1.807, 2.05) is 19.0 Å². The highest BCUT2D eigenvalue weighted by Gasteiger charge is 2.02. The summed E-state index contributed by atoms with van der Waals surface area (Å²) in [6.07, 6.45) is 6.48. The van der Waals surface area contributed by atoms with Crippen LogP contribution in [0.1, 0.15) is 10.6 Å². The van der Waals surface area contributed by atoms with Crippen LogP contribution in [0.25, 0.3) is 0 Å². The minimum Gasteiger partial charge on any atom is -0.383 e. The lowest BCUT2D eigenvalue weighted by Gasteiger charge is -2.03. The largest absolute Gasteiger partial charge is 0.383 e. The summed E-state index contributed by atoms with van der Waals surface area (Å²) in [4.78, 5) is 17.2. The molecule has 13 heavy (non-hydrogen) atoms.